The zero-order chi connectivity index (χ0) is 13.2. The highest BCUT2D eigenvalue weighted by Gasteiger charge is 2.17. The number of para-hydroxylation sites is 1. The molecule has 5 heteroatoms. The van der Waals surface area contributed by atoms with E-state index in [9.17, 15) is 5.11 Å². The predicted molar refractivity (Wildman–Crippen MR) is 75.3 cm³/mol. The summed E-state index contributed by atoms with van der Waals surface area (Å²) < 4.78 is 0.531. The second-order valence-electron chi connectivity index (χ2n) is 4.78. The number of aromatic hydroxyl groups is 1. The number of nitrogens with one attached hydrogen (secondary N) is 1. The Labute approximate surface area is 116 Å². The summed E-state index contributed by atoms with van der Waals surface area (Å²) in [5.41, 5.74) is 3.34. The highest BCUT2D eigenvalue weighted by Crippen LogP contribution is 2.22. The van der Waals surface area contributed by atoms with E-state index in [1.54, 1.807) is 6.07 Å². The van der Waals surface area contributed by atoms with E-state index >= 15 is 0 Å². The quantitative estimate of drug-likeness (QED) is 0.825. The largest absolute Gasteiger partial charge is 0.508 e. The molecule has 0 radical (unpaired) electrons. The average molecular weight is 273 g/mol. The Kier molecular flexibility index (Phi) is 3.31. The zero-order valence-electron chi connectivity index (χ0n) is 10.5. The standard InChI is InChI=1S/C14H15N3OS/c18-13-4-2-1-3-11(13)8-17-6-5-10-7-15-14(19)16-12(10)9-17/h1-4,7,18H,5-6,8-9H2,(H,15,16,19). The number of hydrogen-bond donors (Lipinski definition) is 2. The van der Waals surface area contributed by atoms with Crippen LogP contribution < -0.4 is 0 Å². The second-order valence-corrected chi connectivity index (χ2v) is 5.17. The lowest BCUT2D eigenvalue weighted by molar-refractivity contribution is 0.238. The number of aromatic amines is 1. The lowest BCUT2D eigenvalue weighted by Gasteiger charge is -2.28. The van der Waals surface area contributed by atoms with Gasteiger partial charge < -0.3 is 10.1 Å². The van der Waals surface area contributed by atoms with E-state index in [0.717, 1.165) is 37.3 Å². The molecule has 0 unspecified atom stereocenters. The SMILES string of the molecule is Oc1ccccc1CN1CCc2cnc(=S)[nH]c2C1. The molecule has 0 fully saturated rings. The fourth-order valence-electron chi connectivity index (χ4n) is 2.41. The maximum atomic E-state index is 9.82. The molecule has 98 valence electrons. The number of nitrogens with zero attached hydrogens (tertiary/aromatic N) is 2. The monoisotopic (exact) mass is 273 g/mol. The van der Waals surface area contributed by atoms with E-state index in [1.165, 1.54) is 5.56 Å². The van der Waals surface area contributed by atoms with Crippen molar-refractivity contribution in [3.05, 3.63) is 52.1 Å². The fourth-order valence-corrected chi connectivity index (χ4v) is 2.59. The molecule has 3 rings (SSSR count). The number of benzene rings is 1. The van der Waals surface area contributed by atoms with Crippen LogP contribution in [0.5, 0.6) is 5.75 Å². The van der Waals surface area contributed by atoms with Crippen LogP contribution in [-0.2, 0) is 19.5 Å². The van der Waals surface area contributed by atoms with Crippen LogP contribution in [0.25, 0.3) is 0 Å². The molecule has 0 bridgehead atoms. The van der Waals surface area contributed by atoms with Crippen LogP contribution in [0.3, 0.4) is 0 Å². The summed E-state index contributed by atoms with van der Waals surface area (Å²) in [6.07, 6.45) is 2.83. The van der Waals surface area contributed by atoms with Crippen LogP contribution in [0.4, 0.5) is 0 Å². The molecule has 0 spiro atoms. The van der Waals surface area contributed by atoms with Crippen molar-refractivity contribution in [1.29, 1.82) is 0 Å². The Morgan fingerprint density at radius 2 is 2.21 bits per heavy atom. The first-order valence-corrected chi connectivity index (χ1v) is 6.69. The molecular weight excluding hydrogens is 258 g/mol. The van der Waals surface area contributed by atoms with Crippen LogP contribution in [0, 0.1) is 4.77 Å². The van der Waals surface area contributed by atoms with E-state index in [-0.39, 0.29) is 0 Å². The summed E-state index contributed by atoms with van der Waals surface area (Å²) >= 11 is 5.06. The zero-order valence-corrected chi connectivity index (χ0v) is 11.3. The first-order chi connectivity index (χ1) is 9.22. The van der Waals surface area contributed by atoms with Crippen molar-refractivity contribution in [2.75, 3.05) is 6.54 Å². The number of fused-ring (bicyclic) bond motifs is 1. The van der Waals surface area contributed by atoms with Gasteiger partial charge >= 0.3 is 0 Å². The molecule has 0 saturated carbocycles. The molecule has 2 N–H and O–H groups in total. The van der Waals surface area contributed by atoms with E-state index in [0.29, 0.717) is 10.5 Å². The van der Waals surface area contributed by atoms with Gasteiger partial charge in [-0.25, -0.2) is 4.98 Å². The third kappa shape index (κ3) is 2.67. The summed E-state index contributed by atoms with van der Waals surface area (Å²) in [5.74, 6) is 0.357. The highest BCUT2D eigenvalue weighted by molar-refractivity contribution is 7.71. The fraction of sp³-hybridized carbons (Fsp3) is 0.286. The lowest BCUT2D eigenvalue weighted by atomic mass is 10.1. The smallest absolute Gasteiger partial charge is 0.196 e. The van der Waals surface area contributed by atoms with Crippen molar-refractivity contribution in [2.24, 2.45) is 0 Å². The Morgan fingerprint density at radius 3 is 3.05 bits per heavy atom. The number of H-pyrrole nitrogens is 1. The van der Waals surface area contributed by atoms with Gasteiger partial charge in [-0.1, -0.05) is 18.2 Å². The molecule has 2 aromatic rings. The predicted octanol–water partition coefficient (Wildman–Crippen LogP) is 2.40. The normalized spacial score (nSPS) is 15.2. The maximum Gasteiger partial charge on any atom is 0.196 e. The van der Waals surface area contributed by atoms with Crippen molar-refractivity contribution in [3.63, 3.8) is 0 Å². The van der Waals surface area contributed by atoms with E-state index in [4.69, 9.17) is 12.2 Å². The Morgan fingerprint density at radius 1 is 1.37 bits per heavy atom. The molecule has 0 saturated heterocycles. The average Bonchev–Trinajstić information content (AvgIpc) is 2.41. The van der Waals surface area contributed by atoms with Crippen LogP contribution in [0.2, 0.25) is 0 Å². The van der Waals surface area contributed by atoms with E-state index in [1.807, 2.05) is 24.4 Å². The van der Waals surface area contributed by atoms with Crippen LogP contribution >= 0.6 is 12.2 Å². The van der Waals surface area contributed by atoms with E-state index < -0.39 is 0 Å². The van der Waals surface area contributed by atoms with Gasteiger partial charge in [-0.2, -0.15) is 0 Å². The molecule has 1 aliphatic rings. The summed E-state index contributed by atoms with van der Waals surface area (Å²) in [4.78, 5) is 9.57. The minimum Gasteiger partial charge on any atom is -0.508 e. The Bertz CT molecular complexity index is 653. The van der Waals surface area contributed by atoms with Gasteiger partial charge in [0.2, 0.25) is 0 Å². The maximum absolute atomic E-state index is 9.82. The van der Waals surface area contributed by atoms with Crippen LogP contribution in [0.15, 0.2) is 30.5 Å². The molecule has 0 amide bonds. The second kappa shape index (κ2) is 5.11. The van der Waals surface area contributed by atoms with Crippen molar-refractivity contribution in [2.45, 2.75) is 19.5 Å². The van der Waals surface area contributed by atoms with Gasteiger partial charge in [0.25, 0.3) is 0 Å². The number of phenols is 1. The Hall–Kier alpha value is -1.72. The van der Waals surface area contributed by atoms with Gasteiger partial charge in [-0.05, 0) is 30.3 Å². The molecule has 2 heterocycles. The minimum absolute atomic E-state index is 0.357. The summed E-state index contributed by atoms with van der Waals surface area (Å²) in [7, 11) is 0. The molecule has 0 atom stereocenters. The van der Waals surface area contributed by atoms with Crippen molar-refractivity contribution >= 4 is 12.2 Å². The number of aromatic nitrogens is 2. The van der Waals surface area contributed by atoms with Crippen LogP contribution in [0.1, 0.15) is 16.8 Å². The van der Waals surface area contributed by atoms with Crippen molar-refractivity contribution in [1.82, 2.24) is 14.9 Å². The third-order valence-corrected chi connectivity index (χ3v) is 3.66. The summed E-state index contributed by atoms with van der Waals surface area (Å²) in [6.45, 7) is 2.53. The summed E-state index contributed by atoms with van der Waals surface area (Å²) in [5, 5.41) is 9.82. The van der Waals surface area contributed by atoms with Gasteiger partial charge in [0.15, 0.2) is 4.77 Å². The number of phenolic OH excluding ortho intramolecular Hbond substituents is 1. The summed E-state index contributed by atoms with van der Waals surface area (Å²) in [6, 6.07) is 7.47. The van der Waals surface area contributed by atoms with Gasteiger partial charge in [0, 0.05) is 37.1 Å². The molecule has 1 aromatic heterocycles. The number of hydrogen-bond acceptors (Lipinski definition) is 4. The topological polar surface area (TPSA) is 52.1 Å². The number of rotatable bonds is 2. The first kappa shape index (κ1) is 12.3. The minimum atomic E-state index is 0.357. The molecule has 0 aliphatic carbocycles. The molecule has 1 aromatic carbocycles. The molecular formula is C14H15N3OS. The van der Waals surface area contributed by atoms with Gasteiger partial charge in [0.05, 0.1) is 0 Å². The van der Waals surface area contributed by atoms with Gasteiger partial charge in [-0.3, -0.25) is 4.90 Å². The lowest BCUT2D eigenvalue weighted by Crippen LogP contribution is -2.31. The first-order valence-electron chi connectivity index (χ1n) is 6.28. The van der Waals surface area contributed by atoms with E-state index in [2.05, 4.69) is 14.9 Å². The molecule has 19 heavy (non-hydrogen) atoms. The molecule has 1 aliphatic heterocycles. The van der Waals surface area contributed by atoms with Crippen molar-refractivity contribution in [3.8, 4) is 5.75 Å². The van der Waals surface area contributed by atoms with Crippen LogP contribution in [-0.4, -0.2) is 26.5 Å². The van der Waals surface area contributed by atoms with Crippen molar-refractivity contribution < 1.29 is 5.11 Å². The Balaban J connectivity index is 1.79. The third-order valence-electron chi connectivity index (χ3n) is 3.45. The van der Waals surface area contributed by atoms with Gasteiger partial charge in [-0.15, -0.1) is 0 Å². The van der Waals surface area contributed by atoms with Gasteiger partial charge in [0.1, 0.15) is 5.75 Å². The highest BCUT2D eigenvalue weighted by atomic mass is 32.1. The molecule has 4 nitrogen and oxygen atoms in total.